The van der Waals surface area contributed by atoms with Crippen molar-refractivity contribution in [2.24, 2.45) is 11.7 Å². The predicted molar refractivity (Wildman–Crippen MR) is 73.1 cm³/mol. The Morgan fingerprint density at radius 2 is 2.37 bits per heavy atom. The molecule has 1 aromatic heterocycles. The first kappa shape index (κ1) is 12.9. The van der Waals surface area contributed by atoms with Crippen LogP contribution in [0.1, 0.15) is 37.9 Å². The highest BCUT2D eigenvalue weighted by atomic mass is 16.5. The lowest BCUT2D eigenvalue weighted by Gasteiger charge is -2.31. The molecular formula is C13H23N5O. The lowest BCUT2D eigenvalue weighted by atomic mass is 9.99. The second-order valence-corrected chi connectivity index (χ2v) is 5.68. The summed E-state index contributed by atoms with van der Waals surface area (Å²) in [5.41, 5.74) is 5.77. The molecule has 0 spiro atoms. The fourth-order valence-corrected chi connectivity index (χ4v) is 3.10. The zero-order valence-electron chi connectivity index (χ0n) is 11.5. The third-order valence-corrected chi connectivity index (χ3v) is 4.35. The van der Waals surface area contributed by atoms with Crippen molar-refractivity contribution < 1.29 is 4.74 Å². The molecule has 3 unspecified atom stereocenters. The summed E-state index contributed by atoms with van der Waals surface area (Å²) in [6.07, 6.45) is 3.66. The fraction of sp³-hybridized carbons (Fsp3) is 0.846. The summed E-state index contributed by atoms with van der Waals surface area (Å²) in [6.45, 7) is 5.68. The number of nitrogens with one attached hydrogen (secondary N) is 1. The van der Waals surface area contributed by atoms with Gasteiger partial charge in [-0.1, -0.05) is 0 Å². The summed E-state index contributed by atoms with van der Waals surface area (Å²) in [4.78, 5) is 6.93. The van der Waals surface area contributed by atoms with Crippen molar-refractivity contribution in [3.63, 3.8) is 0 Å². The standard InChI is InChI=1S/C13H23N5O/c1-9-11(4-6-19-9)12-15-13(17-16-12)18-5-2-3-10(7-14)8-18/h9-11H,2-8,14H2,1H3,(H,15,16,17). The van der Waals surface area contributed by atoms with E-state index in [-0.39, 0.29) is 6.10 Å². The van der Waals surface area contributed by atoms with E-state index in [2.05, 4.69) is 27.0 Å². The van der Waals surface area contributed by atoms with Crippen LogP contribution in [0, 0.1) is 5.92 Å². The molecule has 3 N–H and O–H groups in total. The zero-order chi connectivity index (χ0) is 13.2. The van der Waals surface area contributed by atoms with E-state index in [1.807, 2.05) is 0 Å². The van der Waals surface area contributed by atoms with Gasteiger partial charge >= 0.3 is 0 Å². The molecule has 19 heavy (non-hydrogen) atoms. The molecule has 3 heterocycles. The summed E-state index contributed by atoms with van der Waals surface area (Å²) in [6, 6.07) is 0. The smallest absolute Gasteiger partial charge is 0.244 e. The number of hydrogen-bond donors (Lipinski definition) is 2. The molecule has 3 rings (SSSR count). The fourth-order valence-electron chi connectivity index (χ4n) is 3.10. The lowest BCUT2D eigenvalue weighted by molar-refractivity contribution is 0.117. The average molecular weight is 265 g/mol. The van der Waals surface area contributed by atoms with Gasteiger partial charge < -0.3 is 15.4 Å². The number of aromatic amines is 1. The first-order valence-electron chi connectivity index (χ1n) is 7.27. The molecule has 106 valence electrons. The van der Waals surface area contributed by atoms with Gasteiger partial charge in [-0.15, -0.1) is 5.10 Å². The van der Waals surface area contributed by atoms with Crippen molar-refractivity contribution in [2.75, 3.05) is 31.1 Å². The third-order valence-electron chi connectivity index (χ3n) is 4.35. The van der Waals surface area contributed by atoms with Crippen LogP contribution >= 0.6 is 0 Å². The number of rotatable bonds is 3. The van der Waals surface area contributed by atoms with Crippen LogP contribution in [0.2, 0.25) is 0 Å². The van der Waals surface area contributed by atoms with Gasteiger partial charge in [-0.25, -0.2) is 0 Å². The van der Waals surface area contributed by atoms with Crippen LogP contribution in [-0.4, -0.2) is 47.5 Å². The topological polar surface area (TPSA) is 80.1 Å². The highest BCUT2D eigenvalue weighted by Crippen LogP contribution is 2.30. The number of anilines is 1. The molecule has 2 aliphatic heterocycles. The molecule has 0 aliphatic carbocycles. The molecule has 0 amide bonds. The summed E-state index contributed by atoms with van der Waals surface area (Å²) in [5, 5.41) is 7.48. The van der Waals surface area contributed by atoms with E-state index in [0.29, 0.717) is 11.8 Å². The van der Waals surface area contributed by atoms with Crippen molar-refractivity contribution in [3.05, 3.63) is 5.82 Å². The highest BCUT2D eigenvalue weighted by Gasteiger charge is 2.30. The van der Waals surface area contributed by atoms with E-state index in [1.165, 1.54) is 12.8 Å². The Kier molecular flexibility index (Phi) is 3.70. The number of piperidine rings is 1. The molecule has 2 aliphatic rings. The van der Waals surface area contributed by atoms with E-state index in [0.717, 1.165) is 44.4 Å². The van der Waals surface area contributed by atoms with E-state index >= 15 is 0 Å². The highest BCUT2D eigenvalue weighted by molar-refractivity contribution is 5.30. The van der Waals surface area contributed by atoms with E-state index in [1.54, 1.807) is 0 Å². The van der Waals surface area contributed by atoms with Gasteiger partial charge in [0.1, 0.15) is 5.82 Å². The maximum Gasteiger partial charge on any atom is 0.244 e. The second kappa shape index (κ2) is 5.46. The van der Waals surface area contributed by atoms with Crippen LogP contribution in [0.15, 0.2) is 0 Å². The summed E-state index contributed by atoms with van der Waals surface area (Å²) >= 11 is 0. The molecule has 0 saturated carbocycles. The molecular weight excluding hydrogens is 242 g/mol. The predicted octanol–water partition coefficient (Wildman–Crippen LogP) is 0.872. The minimum absolute atomic E-state index is 0.235. The normalized spacial score (nSPS) is 31.9. The Labute approximate surface area is 113 Å². The zero-order valence-corrected chi connectivity index (χ0v) is 11.5. The number of ether oxygens (including phenoxy) is 1. The molecule has 6 nitrogen and oxygen atoms in total. The quantitative estimate of drug-likeness (QED) is 0.847. The summed E-state index contributed by atoms with van der Waals surface area (Å²) < 4.78 is 5.59. The SMILES string of the molecule is CC1OCCC1c1nc(N2CCCC(CN)C2)n[nH]1. The van der Waals surface area contributed by atoms with Gasteiger partial charge in [0.05, 0.1) is 6.10 Å². The number of aromatic nitrogens is 3. The minimum Gasteiger partial charge on any atom is -0.378 e. The van der Waals surface area contributed by atoms with Crippen LogP contribution in [0.25, 0.3) is 0 Å². The number of nitrogens with zero attached hydrogens (tertiary/aromatic N) is 3. The molecule has 0 aromatic carbocycles. The Hall–Kier alpha value is -1.14. The largest absolute Gasteiger partial charge is 0.378 e. The van der Waals surface area contributed by atoms with E-state index in [9.17, 15) is 0 Å². The Morgan fingerprint density at radius 3 is 3.11 bits per heavy atom. The molecule has 1 aromatic rings. The molecule has 0 bridgehead atoms. The Bertz CT molecular complexity index is 421. The first-order valence-corrected chi connectivity index (χ1v) is 7.27. The van der Waals surface area contributed by atoms with Crippen molar-refractivity contribution in [2.45, 2.75) is 38.2 Å². The summed E-state index contributed by atoms with van der Waals surface area (Å²) in [7, 11) is 0. The van der Waals surface area contributed by atoms with Gasteiger partial charge in [0.15, 0.2) is 0 Å². The maximum absolute atomic E-state index is 5.77. The van der Waals surface area contributed by atoms with Crippen molar-refractivity contribution >= 4 is 5.95 Å². The molecule has 6 heteroatoms. The van der Waals surface area contributed by atoms with Gasteiger partial charge in [-0.3, -0.25) is 5.10 Å². The van der Waals surface area contributed by atoms with Crippen molar-refractivity contribution in [1.29, 1.82) is 0 Å². The number of hydrogen-bond acceptors (Lipinski definition) is 5. The Balaban J connectivity index is 1.70. The van der Waals surface area contributed by atoms with Gasteiger partial charge in [-0.05, 0) is 38.6 Å². The second-order valence-electron chi connectivity index (χ2n) is 5.68. The van der Waals surface area contributed by atoms with Crippen molar-refractivity contribution in [3.8, 4) is 0 Å². The van der Waals surface area contributed by atoms with Crippen LogP contribution in [0.4, 0.5) is 5.95 Å². The third kappa shape index (κ3) is 2.60. The van der Waals surface area contributed by atoms with Crippen LogP contribution in [0.3, 0.4) is 0 Å². The van der Waals surface area contributed by atoms with E-state index < -0.39 is 0 Å². The first-order chi connectivity index (χ1) is 9.28. The number of H-pyrrole nitrogens is 1. The van der Waals surface area contributed by atoms with Crippen LogP contribution < -0.4 is 10.6 Å². The van der Waals surface area contributed by atoms with Gasteiger partial charge in [0.25, 0.3) is 0 Å². The van der Waals surface area contributed by atoms with Crippen LogP contribution in [0.5, 0.6) is 0 Å². The van der Waals surface area contributed by atoms with Gasteiger partial charge in [-0.2, -0.15) is 4.98 Å². The lowest BCUT2D eigenvalue weighted by Crippen LogP contribution is -2.39. The monoisotopic (exact) mass is 265 g/mol. The molecule has 3 atom stereocenters. The molecule has 2 saturated heterocycles. The minimum atomic E-state index is 0.235. The number of nitrogens with two attached hydrogens (primary N) is 1. The summed E-state index contributed by atoms with van der Waals surface area (Å²) in [5.74, 6) is 2.72. The van der Waals surface area contributed by atoms with Gasteiger partial charge in [0.2, 0.25) is 5.95 Å². The Morgan fingerprint density at radius 1 is 1.47 bits per heavy atom. The van der Waals surface area contributed by atoms with Crippen LogP contribution in [-0.2, 0) is 4.74 Å². The molecule has 0 radical (unpaired) electrons. The van der Waals surface area contributed by atoms with Gasteiger partial charge in [0, 0.05) is 25.6 Å². The van der Waals surface area contributed by atoms with Crippen molar-refractivity contribution in [1.82, 2.24) is 15.2 Å². The molecule has 2 fully saturated rings. The average Bonchev–Trinajstić information content (AvgIpc) is 3.07. The van der Waals surface area contributed by atoms with E-state index in [4.69, 9.17) is 10.5 Å². The maximum atomic E-state index is 5.77.